The lowest BCUT2D eigenvalue weighted by Crippen LogP contribution is -2.15. The van der Waals surface area contributed by atoms with Gasteiger partial charge in [0.05, 0.1) is 28.4 Å². The number of rotatable bonds is 3. The Bertz CT molecular complexity index is 899. The molecule has 0 fully saturated rings. The van der Waals surface area contributed by atoms with Crippen LogP contribution in [-0.2, 0) is 11.0 Å². The first-order chi connectivity index (χ1) is 11.6. The maximum Gasteiger partial charge on any atom is 0.417 e. The Morgan fingerprint density at radius 2 is 1.88 bits per heavy atom. The van der Waals surface area contributed by atoms with Gasteiger partial charge in [-0.1, -0.05) is 12.1 Å². The summed E-state index contributed by atoms with van der Waals surface area (Å²) in [4.78, 5) is 22.6. The molecule has 2 N–H and O–H groups in total. The molecule has 2 aromatic carbocycles. The number of aromatic carboxylic acids is 1. The average molecular weight is 348 g/mol. The third kappa shape index (κ3) is 3.95. The smallest absolute Gasteiger partial charge is 0.417 e. The van der Waals surface area contributed by atoms with Gasteiger partial charge in [0.15, 0.2) is 0 Å². The van der Waals surface area contributed by atoms with E-state index in [0.717, 1.165) is 13.0 Å². The maximum absolute atomic E-state index is 13.4. The normalized spacial score (nSPS) is 10.8. The molecule has 2 aromatic rings. The number of halogens is 3. The lowest BCUT2D eigenvalue weighted by atomic mass is 9.94. The molecule has 0 saturated carbocycles. The van der Waals surface area contributed by atoms with E-state index in [1.54, 1.807) is 0 Å². The molecule has 0 spiro atoms. The van der Waals surface area contributed by atoms with Gasteiger partial charge in [-0.3, -0.25) is 4.79 Å². The van der Waals surface area contributed by atoms with Crippen molar-refractivity contribution in [3.63, 3.8) is 0 Å². The Hall–Kier alpha value is -3.34. The van der Waals surface area contributed by atoms with Gasteiger partial charge in [0.2, 0.25) is 5.91 Å². The fraction of sp³-hybridized carbons (Fsp3) is 0.118. The number of nitrogens with one attached hydrogen (secondary N) is 1. The van der Waals surface area contributed by atoms with Crippen LogP contribution in [0.25, 0.3) is 11.1 Å². The van der Waals surface area contributed by atoms with Crippen molar-refractivity contribution in [2.45, 2.75) is 13.1 Å². The van der Waals surface area contributed by atoms with Gasteiger partial charge < -0.3 is 10.4 Å². The van der Waals surface area contributed by atoms with Gasteiger partial charge in [-0.2, -0.15) is 18.4 Å². The number of nitrogens with zero attached hydrogens (tertiary/aromatic N) is 1. The molecule has 0 radical (unpaired) electrons. The van der Waals surface area contributed by atoms with Crippen LogP contribution in [0.2, 0.25) is 0 Å². The van der Waals surface area contributed by atoms with Gasteiger partial charge in [-0.15, -0.1) is 0 Å². The highest BCUT2D eigenvalue weighted by molar-refractivity contribution is 6.01. The molecule has 0 aromatic heterocycles. The minimum absolute atomic E-state index is 0.0447. The van der Waals surface area contributed by atoms with Gasteiger partial charge in [0, 0.05) is 6.92 Å². The van der Waals surface area contributed by atoms with Crippen molar-refractivity contribution in [2.24, 2.45) is 0 Å². The van der Waals surface area contributed by atoms with Crippen LogP contribution < -0.4 is 5.32 Å². The maximum atomic E-state index is 13.4. The van der Waals surface area contributed by atoms with Crippen molar-refractivity contribution in [1.82, 2.24) is 0 Å². The lowest BCUT2D eigenvalue weighted by Gasteiger charge is -2.17. The van der Waals surface area contributed by atoms with E-state index in [4.69, 9.17) is 5.26 Å². The highest BCUT2D eigenvalue weighted by atomic mass is 19.4. The van der Waals surface area contributed by atoms with E-state index < -0.39 is 40.4 Å². The number of anilines is 1. The largest absolute Gasteiger partial charge is 0.478 e. The predicted molar refractivity (Wildman–Crippen MR) is 82.9 cm³/mol. The minimum Gasteiger partial charge on any atom is -0.478 e. The van der Waals surface area contributed by atoms with Gasteiger partial charge >= 0.3 is 12.1 Å². The molecule has 0 aliphatic heterocycles. The standard InChI is InChI=1S/C17H11F3N2O3/c1-9(23)22-15-7-14(17(18,19)20)12(6-13(15)16(24)25)11-4-2-3-10(5-11)8-21/h2-7H,1H3,(H,22,23)(H,24,25). The minimum atomic E-state index is -4.79. The van der Waals surface area contributed by atoms with Crippen LogP contribution in [0.5, 0.6) is 0 Å². The van der Waals surface area contributed by atoms with Crippen molar-refractivity contribution in [2.75, 3.05) is 5.32 Å². The Morgan fingerprint density at radius 1 is 1.20 bits per heavy atom. The summed E-state index contributed by atoms with van der Waals surface area (Å²) in [5, 5.41) is 20.3. The van der Waals surface area contributed by atoms with Crippen LogP contribution >= 0.6 is 0 Å². The SMILES string of the molecule is CC(=O)Nc1cc(C(F)(F)F)c(-c2cccc(C#N)c2)cc1C(=O)O. The molecular weight excluding hydrogens is 337 g/mol. The highest BCUT2D eigenvalue weighted by Crippen LogP contribution is 2.40. The molecule has 25 heavy (non-hydrogen) atoms. The number of hydrogen-bond acceptors (Lipinski definition) is 3. The van der Waals surface area contributed by atoms with E-state index in [1.165, 1.54) is 24.3 Å². The van der Waals surface area contributed by atoms with Crippen LogP contribution in [0.1, 0.15) is 28.4 Å². The van der Waals surface area contributed by atoms with Gasteiger partial charge in [-0.25, -0.2) is 4.79 Å². The molecule has 0 bridgehead atoms. The van der Waals surface area contributed by atoms with E-state index in [2.05, 4.69) is 5.32 Å². The van der Waals surface area contributed by atoms with Crippen molar-refractivity contribution in [1.29, 1.82) is 5.26 Å². The second-order valence-electron chi connectivity index (χ2n) is 5.12. The van der Waals surface area contributed by atoms with Crippen LogP contribution in [0.3, 0.4) is 0 Å². The van der Waals surface area contributed by atoms with E-state index in [-0.39, 0.29) is 11.1 Å². The van der Waals surface area contributed by atoms with Gasteiger partial charge in [0.25, 0.3) is 0 Å². The Kier molecular flexibility index (Phi) is 4.79. The summed E-state index contributed by atoms with van der Waals surface area (Å²) in [5.41, 5.74) is -2.27. The van der Waals surface area contributed by atoms with E-state index in [9.17, 15) is 27.9 Å². The molecular formula is C17H11F3N2O3. The van der Waals surface area contributed by atoms with E-state index in [0.29, 0.717) is 6.07 Å². The van der Waals surface area contributed by atoms with Crippen LogP contribution in [-0.4, -0.2) is 17.0 Å². The second kappa shape index (κ2) is 6.65. The number of hydrogen-bond donors (Lipinski definition) is 2. The third-order valence-electron chi connectivity index (χ3n) is 3.31. The molecule has 8 heteroatoms. The molecule has 0 atom stereocenters. The Labute approximate surface area is 140 Å². The average Bonchev–Trinajstić information content (AvgIpc) is 2.53. The Morgan fingerprint density at radius 3 is 2.40 bits per heavy atom. The quantitative estimate of drug-likeness (QED) is 0.880. The summed E-state index contributed by atoms with van der Waals surface area (Å²) in [6.07, 6.45) is -4.79. The molecule has 2 rings (SSSR count). The molecule has 128 valence electrons. The van der Waals surface area contributed by atoms with Crippen molar-refractivity contribution in [3.8, 4) is 17.2 Å². The monoisotopic (exact) mass is 348 g/mol. The van der Waals surface area contributed by atoms with E-state index in [1.807, 2.05) is 6.07 Å². The number of benzene rings is 2. The zero-order valence-electron chi connectivity index (χ0n) is 12.8. The molecule has 0 heterocycles. The topological polar surface area (TPSA) is 90.2 Å². The number of carboxylic acid groups (broad SMARTS) is 1. The molecule has 1 amide bonds. The summed E-state index contributed by atoms with van der Waals surface area (Å²) in [6, 6.07) is 8.63. The fourth-order valence-corrected chi connectivity index (χ4v) is 2.30. The number of amides is 1. The molecule has 5 nitrogen and oxygen atoms in total. The Balaban J connectivity index is 2.81. The summed E-state index contributed by atoms with van der Waals surface area (Å²) >= 11 is 0. The van der Waals surface area contributed by atoms with Gasteiger partial charge in [-0.05, 0) is 35.4 Å². The number of carboxylic acids is 1. The summed E-state index contributed by atoms with van der Waals surface area (Å²) in [5.74, 6) is -2.19. The summed E-state index contributed by atoms with van der Waals surface area (Å²) in [6.45, 7) is 1.06. The number of carbonyl (C=O) groups is 2. The zero-order chi connectivity index (χ0) is 18.8. The van der Waals surface area contributed by atoms with E-state index >= 15 is 0 Å². The predicted octanol–water partition coefficient (Wildman–Crippen LogP) is 3.90. The van der Waals surface area contributed by atoms with Crippen LogP contribution in [0.15, 0.2) is 36.4 Å². The summed E-state index contributed by atoms with van der Waals surface area (Å²) in [7, 11) is 0. The first-order valence-corrected chi connectivity index (χ1v) is 6.90. The van der Waals surface area contributed by atoms with Crippen LogP contribution in [0, 0.1) is 11.3 Å². The highest BCUT2D eigenvalue weighted by Gasteiger charge is 2.35. The van der Waals surface area contributed by atoms with Crippen LogP contribution in [0.4, 0.5) is 18.9 Å². The summed E-state index contributed by atoms with van der Waals surface area (Å²) < 4.78 is 40.3. The van der Waals surface area contributed by atoms with Crippen molar-refractivity contribution >= 4 is 17.6 Å². The third-order valence-corrected chi connectivity index (χ3v) is 3.31. The first kappa shape index (κ1) is 18.0. The number of alkyl halides is 3. The van der Waals surface area contributed by atoms with Crippen molar-refractivity contribution < 1.29 is 27.9 Å². The molecule has 0 aliphatic rings. The molecule has 0 unspecified atom stereocenters. The molecule has 0 aliphatic carbocycles. The number of carbonyl (C=O) groups excluding carboxylic acids is 1. The fourth-order valence-electron chi connectivity index (χ4n) is 2.30. The second-order valence-corrected chi connectivity index (χ2v) is 5.12. The zero-order valence-corrected chi connectivity index (χ0v) is 12.8. The van der Waals surface area contributed by atoms with Crippen molar-refractivity contribution in [3.05, 3.63) is 53.1 Å². The lowest BCUT2D eigenvalue weighted by molar-refractivity contribution is -0.137. The van der Waals surface area contributed by atoms with Gasteiger partial charge in [0.1, 0.15) is 0 Å². The number of nitriles is 1. The molecule has 0 saturated heterocycles. The first-order valence-electron chi connectivity index (χ1n) is 6.90.